The number of nitrogens with zero attached hydrogens (tertiary/aromatic N) is 4. The van der Waals surface area contributed by atoms with Gasteiger partial charge in [0.05, 0.1) is 17.3 Å². The summed E-state index contributed by atoms with van der Waals surface area (Å²) >= 11 is 5.99. The summed E-state index contributed by atoms with van der Waals surface area (Å²) in [5.74, 6) is 0.659. The van der Waals surface area contributed by atoms with E-state index in [2.05, 4.69) is 10.1 Å². The average Bonchev–Trinajstić information content (AvgIpc) is 2.96. The number of rotatable bonds is 3. The van der Waals surface area contributed by atoms with Crippen molar-refractivity contribution in [1.82, 2.24) is 19.3 Å². The molecule has 0 fully saturated rings. The molecule has 0 radical (unpaired) electrons. The van der Waals surface area contributed by atoms with Gasteiger partial charge in [-0.1, -0.05) is 13.0 Å². The molecule has 0 aliphatic carbocycles. The van der Waals surface area contributed by atoms with Crippen molar-refractivity contribution < 1.29 is 4.39 Å². The van der Waals surface area contributed by atoms with Gasteiger partial charge in [-0.2, -0.15) is 5.10 Å². The van der Waals surface area contributed by atoms with E-state index in [9.17, 15) is 4.39 Å². The molecule has 0 aliphatic heterocycles. The van der Waals surface area contributed by atoms with E-state index in [4.69, 9.17) is 11.6 Å². The van der Waals surface area contributed by atoms with Crippen LogP contribution >= 0.6 is 11.6 Å². The summed E-state index contributed by atoms with van der Waals surface area (Å²) in [5, 5.41) is 4.45. The zero-order chi connectivity index (χ0) is 14.3. The number of fused-ring (bicyclic) bond motifs is 1. The Bertz CT molecular complexity index is 775. The molecule has 0 saturated heterocycles. The molecule has 20 heavy (non-hydrogen) atoms. The maximum absolute atomic E-state index is 13.5. The largest absolute Gasteiger partial charge is 0.280 e. The van der Waals surface area contributed by atoms with Crippen molar-refractivity contribution in [3.63, 3.8) is 0 Å². The number of imidazole rings is 1. The number of hydrogen-bond donors (Lipinski definition) is 0. The quantitative estimate of drug-likeness (QED) is 0.695. The monoisotopic (exact) mass is 292 g/mol. The minimum atomic E-state index is -0.289. The lowest BCUT2D eigenvalue weighted by Gasteiger charge is -2.08. The van der Waals surface area contributed by atoms with Crippen LogP contribution in [0.4, 0.5) is 4.39 Å². The lowest BCUT2D eigenvalue weighted by molar-refractivity contribution is 0.626. The summed E-state index contributed by atoms with van der Waals surface area (Å²) in [6.45, 7) is 2.03. The third kappa shape index (κ3) is 1.89. The average molecular weight is 293 g/mol. The zero-order valence-corrected chi connectivity index (χ0v) is 12.0. The summed E-state index contributed by atoms with van der Waals surface area (Å²) in [6, 6.07) is 6.39. The maximum Gasteiger partial charge on any atom is 0.163 e. The number of hydrogen-bond acceptors (Lipinski definition) is 2. The first-order valence-electron chi connectivity index (χ1n) is 6.40. The van der Waals surface area contributed by atoms with Crippen molar-refractivity contribution >= 4 is 22.8 Å². The third-order valence-electron chi connectivity index (χ3n) is 3.29. The van der Waals surface area contributed by atoms with Crippen LogP contribution in [0.5, 0.6) is 0 Å². The Labute approximate surface area is 120 Å². The lowest BCUT2D eigenvalue weighted by Crippen LogP contribution is -2.04. The molecule has 3 rings (SSSR count). The number of aromatic nitrogens is 4. The number of aryl methyl sites for hydroxylation is 2. The van der Waals surface area contributed by atoms with Crippen LogP contribution in [0.15, 0.2) is 24.3 Å². The first-order valence-corrected chi connectivity index (χ1v) is 6.94. The van der Waals surface area contributed by atoms with Gasteiger partial charge in [0.2, 0.25) is 0 Å². The highest BCUT2D eigenvalue weighted by Crippen LogP contribution is 2.25. The number of alkyl halides is 1. The molecule has 0 aliphatic rings. The van der Waals surface area contributed by atoms with E-state index >= 15 is 0 Å². The Morgan fingerprint density at radius 1 is 1.35 bits per heavy atom. The van der Waals surface area contributed by atoms with E-state index in [1.165, 1.54) is 12.1 Å². The zero-order valence-electron chi connectivity index (χ0n) is 11.3. The molecule has 104 valence electrons. The SMILES string of the molecule is CCc1nn(C)c2c1nc(CCl)n2-c1cccc(F)c1. The van der Waals surface area contributed by atoms with E-state index < -0.39 is 0 Å². The van der Waals surface area contributed by atoms with Gasteiger partial charge in [-0.05, 0) is 24.6 Å². The molecule has 2 heterocycles. The van der Waals surface area contributed by atoms with Gasteiger partial charge < -0.3 is 0 Å². The number of halogens is 2. The van der Waals surface area contributed by atoms with Gasteiger partial charge in [0.1, 0.15) is 17.2 Å². The highest BCUT2D eigenvalue weighted by atomic mass is 35.5. The minimum Gasteiger partial charge on any atom is -0.280 e. The molecule has 0 N–H and O–H groups in total. The van der Waals surface area contributed by atoms with Gasteiger partial charge in [0.25, 0.3) is 0 Å². The fraction of sp³-hybridized carbons (Fsp3) is 0.286. The van der Waals surface area contributed by atoms with Crippen molar-refractivity contribution in [2.45, 2.75) is 19.2 Å². The van der Waals surface area contributed by atoms with Crippen molar-refractivity contribution in [3.05, 3.63) is 41.6 Å². The smallest absolute Gasteiger partial charge is 0.163 e. The molecular weight excluding hydrogens is 279 g/mol. The van der Waals surface area contributed by atoms with E-state index in [1.807, 2.05) is 24.6 Å². The predicted octanol–water partition coefficient (Wildman–Crippen LogP) is 3.20. The Hall–Kier alpha value is -1.88. The van der Waals surface area contributed by atoms with Crippen LogP contribution in [-0.2, 0) is 19.3 Å². The predicted molar refractivity (Wildman–Crippen MR) is 76.7 cm³/mol. The normalized spacial score (nSPS) is 11.4. The second-order valence-electron chi connectivity index (χ2n) is 4.57. The standard InChI is InChI=1S/C14H14ClFN4/c1-3-11-13-14(19(2)18-11)20(12(8-15)17-13)10-6-4-5-9(16)7-10/h4-7H,3,8H2,1-2H3. The van der Waals surface area contributed by atoms with Crippen molar-refractivity contribution in [2.75, 3.05) is 0 Å². The van der Waals surface area contributed by atoms with Gasteiger partial charge in [0, 0.05) is 7.05 Å². The molecule has 0 amide bonds. The fourth-order valence-electron chi connectivity index (χ4n) is 2.44. The summed E-state index contributed by atoms with van der Waals surface area (Å²) in [4.78, 5) is 4.55. The van der Waals surface area contributed by atoms with Crippen molar-refractivity contribution in [2.24, 2.45) is 7.05 Å². The molecule has 6 heteroatoms. The summed E-state index contributed by atoms with van der Waals surface area (Å²) in [5.41, 5.74) is 3.29. The second kappa shape index (κ2) is 4.90. The van der Waals surface area contributed by atoms with Crippen molar-refractivity contribution in [1.29, 1.82) is 0 Å². The fourth-order valence-corrected chi connectivity index (χ4v) is 2.62. The topological polar surface area (TPSA) is 35.6 Å². The molecule has 3 aromatic rings. The van der Waals surface area contributed by atoms with Gasteiger partial charge in [0.15, 0.2) is 5.65 Å². The van der Waals surface area contributed by atoms with E-state index in [0.29, 0.717) is 11.5 Å². The van der Waals surface area contributed by atoms with Gasteiger partial charge >= 0.3 is 0 Å². The summed E-state index contributed by atoms with van der Waals surface area (Å²) in [7, 11) is 1.86. The van der Waals surface area contributed by atoms with Gasteiger partial charge in [-0.15, -0.1) is 11.6 Å². The summed E-state index contributed by atoms with van der Waals surface area (Å²) < 4.78 is 17.1. The summed E-state index contributed by atoms with van der Waals surface area (Å²) in [6.07, 6.45) is 0.791. The van der Waals surface area contributed by atoms with E-state index in [1.54, 1.807) is 10.7 Å². The highest BCUT2D eigenvalue weighted by molar-refractivity contribution is 6.17. The van der Waals surface area contributed by atoms with E-state index in [-0.39, 0.29) is 11.7 Å². The lowest BCUT2D eigenvalue weighted by atomic mass is 10.3. The first-order chi connectivity index (χ1) is 9.65. The molecule has 0 atom stereocenters. The molecule has 0 bridgehead atoms. The molecule has 0 spiro atoms. The maximum atomic E-state index is 13.5. The van der Waals surface area contributed by atoms with Crippen molar-refractivity contribution in [3.8, 4) is 5.69 Å². The molecular formula is C14H14ClFN4. The van der Waals surface area contributed by atoms with Gasteiger partial charge in [-0.25, -0.2) is 14.1 Å². The molecule has 0 saturated carbocycles. The first kappa shape index (κ1) is 13.1. The van der Waals surface area contributed by atoms with Crippen LogP contribution < -0.4 is 0 Å². The van der Waals surface area contributed by atoms with E-state index in [0.717, 1.165) is 23.3 Å². The van der Waals surface area contributed by atoms with Crippen LogP contribution in [0.3, 0.4) is 0 Å². The van der Waals surface area contributed by atoms with Crippen LogP contribution in [0.1, 0.15) is 18.4 Å². The molecule has 4 nitrogen and oxygen atoms in total. The Balaban J connectivity index is 2.36. The molecule has 2 aromatic heterocycles. The van der Waals surface area contributed by atoms with Crippen LogP contribution in [0, 0.1) is 5.82 Å². The third-order valence-corrected chi connectivity index (χ3v) is 3.53. The Morgan fingerprint density at radius 2 is 2.15 bits per heavy atom. The van der Waals surface area contributed by atoms with Gasteiger partial charge in [-0.3, -0.25) is 4.57 Å². The van der Waals surface area contributed by atoms with Crippen LogP contribution in [0.2, 0.25) is 0 Å². The minimum absolute atomic E-state index is 0.258. The Kier molecular flexibility index (Phi) is 3.22. The number of benzene rings is 1. The van der Waals surface area contributed by atoms with Crippen LogP contribution in [0.25, 0.3) is 16.9 Å². The van der Waals surface area contributed by atoms with Crippen LogP contribution in [-0.4, -0.2) is 19.3 Å². The Morgan fingerprint density at radius 3 is 2.80 bits per heavy atom. The molecule has 1 aromatic carbocycles. The second-order valence-corrected chi connectivity index (χ2v) is 4.84. The molecule has 0 unspecified atom stereocenters. The highest BCUT2D eigenvalue weighted by Gasteiger charge is 2.19.